The Morgan fingerprint density at radius 1 is 1.04 bits per heavy atom. The van der Waals surface area contributed by atoms with E-state index in [2.05, 4.69) is 10.9 Å². The van der Waals surface area contributed by atoms with E-state index < -0.39 is 10.0 Å². The monoisotopic (exact) mass is 344 g/mol. The Labute approximate surface area is 143 Å². The van der Waals surface area contributed by atoms with Crippen LogP contribution in [0.15, 0.2) is 53.4 Å². The third-order valence-corrected chi connectivity index (χ3v) is 5.39. The molecule has 0 fully saturated rings. The lowest BCUT2D eigenvalue weighted by molar-refractivity contribution is 0.415. The minimum atomic E-state index is -3.62. The zero-order valence-corrected chi connectivity index (χ0v) is 14.7. The molecular weight excluding hydrogens is 324 g/mol. The van der Waals surface area contributed by atoms with E-state index in [0.29, 0.717) is 6.54 Å². The number of hydrogen-bond acceptors (Lipinski definition) is 4. The molecule has 0 N–H and O–H groups in total. The van der Waals surface area contributed by atoms with E-state index in [-0.39, 0.29) is 4.90 Å². The molecule has 0 aliphatic carbocycles. The summed E-state index contributed by atoms with van der Waals surface area (Å²) < 4.78 is 30.3. The molecule has 0 radical (unpaired) electrons. The van der Waals surface area contributed by atoms with E-state index in [1.165, 1.54) is 7.05 Å². The van der Waals surface area contributed by atoms with Gasteiger partial charge in [0.25, 0.3) is 10.0 Å². The molecule has 0 unspecified atom stereocenters. The van der Waals surface area contributed by atoms with Crippen LogP contribution in [0, 0.1) is 12.5 Å². The number of sulfonamides is 1. The lowest BCUT2D eigenvalue weighted by atomic mass is 10.2. The smallest absolute Gasteiger partial charge is 0.270 e. The topological polar surface area (TPSA) is 49.9 Å². The molecule has 0 aliphatic heterocycles. The zero-order chi connectivity index (χ0) is 17.7. The Morgan fingerprint density at radius 2 is 1.62 bits per heavy atom. The van der Waals surface area contributed by atoms with Crippen molar-refractivity contribution in [3.63, 3.8) is 0 Å². The van der Waals surface area contributed by atoms with E-state index in [9.17, 15) is 8.42 Å². The average molecular weight is 344 g/mol. The molecule has 0 saturated carbocycles. The van der Waals surface area contributed by atoms with Gasteiger partial charge in [-0.05, 0) is 42.0 Å². The molecule has 5 nitrogen and oxygen atoms in total. The molecule has 2 aromatic rings. The third-order valence-electron chi connectivity index (χ3n) is 3.70. The minimum absolute atomic E-state index is 0.179. The van der Waals surface area contributed by atoms with Crippen LogP contribution in [-0.2, 0) is 16.6 Å². The Morgan fingerprint density at radius 3 is 2.12 bits per heavy atom. The molecule has 0 aromatic heterocycles. The standard InChI is InChI=1S/C18H20N2O3S/c1-5-20(3)24(21,22)18-12-6-15(7-13-18)14-19(2)16-8-10-17(23-4)11-9-16/h1,6-13H,14H2,2-4H3. The number of terminal acetylenes is 1. The van der Waals surface area contributed by atoms with Gasteiger partial charge >= 0.3 is 0 Å². The Kier molecular flexibility index (Phi) is 5.37. The molecule has 2 rings (SSSR count). The molecule has 0 spiro atoms. The largest absolute Gasteiger partial charge is 0.497 e. The maximum Gasteiger partial charge on any atom is 0.270 e. The van der Waals surface area contributed by atoms with Crippen molar-refractivity contribution in [3.8, 4) is 18.2 Å². The SMILES string of the molecule is C#CN(C)S(=O)(=O)c1ccc(CN(C)c2ccc(OC)cc2)cc1. The quantitative estimate of drug-likeness (QED) is 0.597. The van der Waals surface area contributed by atoms with Crippen molar-refractivity contribution in [3.05, 3.63) is 54.1 Å². The molecule has 0 atom stereocenters. The first-order valence-corrected chi connectivity index (χ1v) is 8.72. The lowest BCUT2D eigenvalue weighted by Gasteiger charge is -2.20. The van der Waals surface area contributed by atoms with Gasteiger partial charge in [0, 0.05) is 32.4 Å². The Balaban J connectivity index is 2.12. The van der Waals surface area contributed by atoms with Crippen molar-refractivity contribution in [2.24, 2.45) is 0 Å². The molecular formula is C18H20N2O3S. The van der Waals surface area contributed by atoms with Gasteiger partial charge < -0.3 is 9.64 Å². The summed E-state index contributed by atoms with van der Waals surface area (Å²) in [4.78, 5) is 2.25. The summed E-state index contributed by atoms with van der Waals surface area (Å²) in [6, 6.07) is 16.6. The molecule has 0 amide bonds. The van der Waals surface area contributed by atoms with Crippen molar-refractivity contribution in [2.75, 3.05) is 26.1 Å². The van der Waals surface area contributed by atoms with Crippen molar-refractivity contribution in [1.82, 2.24) is 4.31 Å². The van der Waals surface area contributed by atoms with Crippen molar-refractivity contribution in [1.29, 1.82) is 0 Å². The van der Waals surface area contributed by atoms with Crippen LogP contribution < -0.4 is 9.64 Å². The van der Waals surface area contributed by atoms with Crippen molar-refractivity contribution >= 4 is 15.7 Å². The fourth-order valence-electron chi connectivity index (χ4n) is 2.20. The van der Waals surface area contributed by atoms with Crippen LogP contribution >= 0.6 is 0 Å². The second kappa shape index (κ2) is 7.28. The molecule has 6 heteroatoms. The summed E-state index contributed by atoms with van der Waals surface area (Å²) in [5.41, 5.74) is 2.04. The summed E-state index contributed by atoms with van der Waals surface area (Å²) in [5, 5.41) is 0. The van der Waals surface area contributed by atoms with Crippen molar-refractivity contribution < 1.29 is 13.2 Å². The average Bonchev–Trinajstić information content (AvgIpc) is 2.61. The van der Waals surface area contributed by atoms with Gasteiger partial charge in [-0.25, -0.2) is 12.7 Å². The van der Waals surface area contributed by atoms with E-state index in [4.69, 9.17) is 11.2 Å². The molecule has 2 aromatic carbocycles. The van der Waals surface area contributed by atoms with E-state index >= 15 is 0 Å². The molecule has 0 heterocycles. The first-order valence-electron chi connectivity index (χ1n) is 7.28. The number of rotatable bonds is 6. The predicted molar refractivity (Wildman–Crippen MR) is 95.3 cm³/mol. The first-order chi connectivity index (χ1) is 11.4. The van der Waals surface area contributed by atoms with E-state index in [1.807, 2.05) is 31.3 Å². The number of benzene rings is 2. The zero-order valence-electron chi connectivity index (χ0n) is 13.9. The van der Waals surface area contributed by atoms with Crippen LogP contribution in [0.1, 0.15) is 5.56 Å². The number of methoxy groups -OCH3 is 1. The van der Waals surface area contributed by atoms with Crippen LogP contribution in [0.4, 0.5) is 5.69 Å². The van der Waals surface area contributed by atoms with Crippen LogP contribution in [0.3, 0.4) is 0 Å². The third kappa shape index (κ3) is 3.81. The second-order valence-electron chi connectivity index (χ2n) is 5.30. The van der Waals surface area contributed by atoms with Gasteiger partial charge in [0.1, 0.15) is 5.75 Å². The van der Waals surface area contributed by atoms with E-state index in [1.54, 1.807) is 31.4 Å². The lowest BCUT2D eigenvalue weighted by Crippen LogP contribution is -2.22. The van der Waals surface area contributed by atoms with Gasteiger partial charge in [-0.2, -0.15) is 0 Å². The highest BCUT2D eigenvalue weighted by Gasteiger charge is 2.18. The maximum absolute atomic E-state index is 12.1. The van der Waals surface area contributed by atoms with Gasteiger partial charge in [0.05, 0.1) is 12.0 Å². The van der Waals surface area contributed by atoms with Gasteiger partial charge in [-0.1, -0.05) is 18.6 Å². The predicted octanol–water partition coefficient (Wildman–Crippen LogP) is 2.54. The van der Waals surface area contributed by atoms with Gasteiger partial charge in [0.15, 0.2) is 0 Å². The number of hydrogen-bond donors (Lipinski definition) is 0. The highest BCUT2D eigenvalue weighted by molar-refractivity contribution is 7.89. The molecule has 0 bridgehead atoms. The summed E-state index contributed by atoms with van der Waals surface area (Å²) in [6.45, 7) is 0.650. The number of anilines is 1. The van der Waals surface area contributed by atoms with Gasteiger partial charge in [-0.3, -0.25) is 0 Å². The first kappa shape index (κ1) is 17.7. The fourth-order valence-corrected chi connectivity index (χ4v) is 3.13. The summed E-state index contributed by atoms with van der Waals surface area (Å²) in [5.74, 6) is 0.805. The summed E-state index contributed by atoms with van der Waals surface area (Å²) >= 11 is 0. The minimum Gasteiger partial charge on any atom is -0.497 e. The number of ether oxygens (including phenoxy) is 1. The fraction of sp³-hybridized carbons (Fsp3) is 0.222. The van der Waals surface area contributed by atoms with Gasteiger partial charge in [-0.15, -0.1) is 0 Å². The highest BCUT2D eigenvalue weighted by Crippen LogP contribution is 2.21. The normalized spacial score (nSPS) is 10.8. The summed E-state index contributed by atoms with van der Waals surface area (Å²) in [6.07, 6.45) is 5.16. The molecule has 126 valence electrons. The van der Waals surface area contributed by atoms with Crippen molar-refractivity contribution in [2.45, 2.75) is 11.4 Å². The molecule has 0 aliphatic rings. The van der Waals surface area contributed by atoms with Crippen LogP contribution in [-0.4, -0.2) is 33.9 Å². The van der Waals surface area contributed by atoms with E-state index in [0.717, 1.165) is 21.3 Å². The maximum atomic E-state index is 12.1. The van der Waals surface area contributed by atoms with Crippen LogP contribution in [0.5, 0.6) is 5.75 Å². The molecule has 0 saturated heterocycles. The van der Waals surface area contributed by atoms with Crippen LogP contribution in [0.25, 0.3) is 0 Å². The number of nitrogens with zero attached hydrogens (tertiary/aromatic N) is 2. The Bertz CT molecular complexity index is 822. The Hall–Kier alpha value is -2.65. The van der Waals surface area contributed by atoms with Crippen LogP contribution in [0.2, 0.25) is 0 Å². The molecule has 24 heavy (non-hydrogen) atoms. The second-order valence-corrected chi connectivity index (χ2v) is 7.27. The summed E-state index contributed by atoms with van der Waals surface area (Å²) in [7, 11) is 1.33. The highest BCUT2D eigenvalue weighted by atomic mass is 32.2. The van der Waals surface area contributed by atoms with Gasteiger partial charge in [0.2, 0.25) is 0 Å².